The zero-order chi connectivity index (χ0) is 23.3. The lowest BCUT2D eigenvalue weighted by atomic mass is 9.90. The maximum absolute atomic E-state index is 11.9. The first-order chi connectivity index (χ1) is 15.3. The molecular formula is C21H29N7O4. The maximum Gasteiger partial charge on any atom is 0.404 e. The summed E-state index contributed by atoms with van der Waals surface area (Å²) in [4.78, 5) is 27.6. The minimum absolute atomic E-state index is 0.0249. The number of amides is 2. The number of nitrogens with one attached hydrogen (secondary N) is 3. The van der Waals surface area contributed by atoms with Crippen molar-refractivity contribution in [3.8, 4) is 5.75 Å². The van der Waals surface area contributed by atoms with E-state index < -0.39 is 12.0 Å². The molecule has 2 aromatic heterocycles. The molecule has 1 aliphatic carbocycles. The molecule has 1 saturated carbocycles. The van der Waals surface area contributed by atoms with Gasteiger partial charge in [0, 0.05) is 12.1 Å². The van der Waals surface area contributed by atoms with Gasteiger partial charge in [0.2, 0.25) is 0 Å². The fourth-order valence-electron chi connectivity index (χ4n) is 3.82. The number of rotatable bonds is 8. The molecule has 1 fully saturated rings. The van der Waals surface area contributed by atoms with E-state index in [2.05, 4.69) is 31.1 Å². The average molecular weight is 444 g/mol. The van der Waals surface area contributed by atoms with Gasteiger partial charge in [-0.15, -0.1) is 10.2 Å². The zero-order valence-electron chi connectivity index (χ0n) is 18.4. The van der Waals surface area contributed by atoms with Gasteiger partial charge in [-0.1, -0.05) is 26.7 Å². The average Bonchev–Trinajstić information content (AvgIpc) is 2.74. The molecular weight excluding hydrogens is 414 g/mol. The van der Waals surface area contributed by atoms with Gasteiger partial charge < -0.3 is 31.5 Å². The highest BCUT2D eigenvalue weighted by Crippen LogP contribution is 2.29. The fourth-order valence-corrected chi connectivity index (χ4v) is 3.82. The molecule has 1 aliphatic rings. The van der Waals surface area contributed by atoms with Crippen LogP contribution in [0.5, 0.6) is 5.75 Å². The number of primary amides is 1. The number of carbonyl (C=O) groups is 2. The summed E-state index contributed by atoms with van der Waals surface area (Å²) >= 11 is 0. The summed E-state index contributed by atoms with van der Waals surface area (Å²) in [6.45, 7) is 4.01. The molecule has 0 saturated heterocycles. The molecule has 2 unspecified atom stereocenters. The molecule has 2 heterocycles. The van der Waals surface area contributed by atoms with Crippen LogP contribution in [0.4, 0.5) is 22.1 Å². The molecule has 172 valence electrons. The molecule has 3 rings (SSSR count). The summed E-state index contributed by atoms with van der Waals surface area (Å²) in [6, 6.07) is 4.77. The molecule has 0 spiro atoms. The number of hydrogen-bond donors (Lipinski definition) is 5. The Kier molecular flexibility index (Phi) is 7.29. The molecule has 6 N–H and O–H groups in total. The Labute approximate surface area is 186 Å². The SMILES string of the molecule is COc1ccc(Nc2cc(NC3CCCCC3NC(=O)O)nnc2C(N)=O)nc1C(C)C. The first-order valence-electron chi connectivity index (χ1n) is 10.5. The number of nitrogens with zero attached hydrogens (tertiary/aromatic N) is 3. The Bertz CT molecular complexity index is 983. The van der Waals surface area contributed by atoms with Crippen molar-refractivity contribution in [2.45, 2.75) is 57.5 Å². The molecule has 11 nitrogen and oxygen atoms in total. The van der Waals surface area contributed by atoms with Crippen LogP contribution in [0.1, 0.15) is 61.6 Å². The van der Waals surface area contributed by atoms with Crippen molar-refractivity contribution in [1.29, 1.82) is 0 Å². The van der Waals surface area contributed by atoms with Crippen LogP contribution in [0.15, 0.2) is 18.2 Å². The highest BCUT2D eigenvalue weighted by Gasteiger charge is 2.27. The Hall–Kier alpha value is -3.63. The van der Waals surface area contributed by atoms with Crippen molar-refractivity contribution >= 4 is 29.3 Å². The summed E-state index contributed by atoms with van der Waals surface area (Å²) < 4.78 is 5.37. The lowest BCUT2D eigenvalue weighted by molar-refractivity contribution is 0.0995. The van der Waals surface area contributed by atoms with Crippen molar-refractivity contribution in [2.24, 2.45) is 5.73 Å². The van der Waals surface area contributed by atoms with E-state index in [0.717, 1.165) is 31.4 Å². The number of pyridine rings is 1. The molecule has 0 radical (unpaired) electrons. The van der Waals surface area contributed by atoms with E-state index >= 15 is 0 Å². The maximum atomic E-state index is 11.9. The van der Waals surface area contributed by atoms with Crippen LogP contribution in [0.2, 0.25) is 0 Å². The minimum atomic E-state index is -1.06. The van der Waals surface area contributed by atoms with Crippen LogP contribution in [-0.4, -0.2) is 51.5 Å². The third-order valence-corrected chi connectivity index (χ3v) is 5.35. The number of carboxylic acid groups (broad SMARTS) is 1. The Morgan fingerprint density at radius 3 is 2.50 bits per heavy atom. The van der Waals surface area contributed by atoms with Crippen molar-refractivity contribution in [3.05, 3.63) is 29.6 Å². The van der Waals surface area contributed by atoms with E-state index in [1.54, 1.807) is 25.3 Å². The van der Waals surface area contributed by atoms with Gasteiger partial charge in [-0.05, 0) is 30.9 Å². The predicted octanol–water partition coefficient (Wildman–Crippen LogP) is 2.84. The third kappa shape index (κ3) is 5.54. The predicted molar refractivity (Wildman–Crippen MR) is 120 cm³/mol. The van der Waals surface area contributed by atoms with E-state index in [1.807, 2.05) is 13.8 Å². The smallest absolute Gasteiger partial charge is 0.404 e. The summed E-state index contributed by atoms with van der Waals surface area (Å²) in [5.74, 6) is 0.968. The third-order valence-electron chi connectivity index (χ3n) is 5.35. The highest BCUT2D eigenvalue weighted by atomic mass is 16.5. The standard InChI is InChI=1S/C21H29N7O4/c1-11(2)18-15(32-3)8-9-16(26-18)24-14-10-17(27-28-19(14)20(22)29)23-12-6-4-5-7-13(12)25-21(30)31/h8-13,25H,4-7H2,1-3H3,(H2,22,29)(H,30,31)(H2,23,24,26,27). The van der Waals surface area contributed by atoms with Crippen LogP contribution in [-0.2, 0) is 0 Å². The molecule has 2 amide bonds. The second kappa shape index (κ2) is 10.1. The van der Waals surface area contributed by atoms with Gasteiger partial charge >= 0.3 is 6.09 Å². The molecule has 0 aliphatic heterocycles. The van der Waals surface area contributed by atoms with Gasteiger partial charge in [-0.25, -0.2) is 9.78 Å². The largest absolute Gasteiger partial charge is 0.495 e. The quantitative estimate of drug-likeness (QED) is 0.412. The lowest BCUT2D eigenvalue weighted by Gasteiger charge is -2.32. The second-order valence-corrected chi connectivity index (χ2v) is 8.01. The molecule has 0 bridgehead atoms. The summed E-state index contributed by atoms with van der Waals surface area (Å²) in [5, 5.41) is 26.1. The monoisotopic (exact) mass is 443 g/mol. The minimum Gasteiger partial charge on any atom is -0.495 e. The van der Waals surface area contributed by atoms with Gasteiger partial charge in [-0.2, -0.15) is 0 Å². The normalized spacial score (nSPS) is 18.1. The number of anilines is 3. The van der Waals surface area contributed by atoms with Gasteiger partial charge in [0.15, 0.2) is 11.5 Å². The highest BCUT2D eigenvalue weighted by molar-refractivity contribution is 5.97. The number of methoxy groups -OCH3 is 1. The van der Waals surface area contributed by atoms with Gasteiger partial charge in [0.1, 0.15) is 11.6 Å². The van der Waals surface area contributed by atoms with Crippen LogP contribution in [0, 0.1) is 0 Å². The van der Waals surface area contributed by atoms with Crippen LogP contribution >= 0.6 is 0 Å². The Morgan fingerprint density at radius 2 is 1.88 bits per heavy atom. The van der Waals surface area contributed by atoms with Gasteiger partial charge in [0.05, 0.1) is 24.5 Å². The van der Waals surface area contributed by atoms with Crippen molar-refractivity contribution in [2.75, 3.05) is 17.7 Å². The molecule has 11 heteroatoms. The van der Waals surface area contributed by atoms with E-state index in [4.69, 9.17) is 15.6 Å². The van der Waals surface area contributed by atoms with E-state index in [1.165, 1.54) is 0 Å². The van der Waals surface area contributed by atoms with Crippen molar-refractivity contribution in [1.82, 2.24) is 20.5 Å². The molecule has 0 aromatic carbocycles. The second-order valence-electron chi connectivity index (χ2n) is 8.01. The number of carbonyl (C=O) groups excluding carboxylic acids is 1. The van der Waals surface area contributed by atoms with E-state index in [0.29, 0.717) is 23.1 Å². The molecule has 32 heavy (non-hydrogen) atoms. The van der Waals surface area contributed by atoms with Crippen LogP contribution in [0.25, 0.3) is 0 Å². The summed E-state index contributed by atoms with van der Waals surface area (Å²) in [6.07, 6.45) is 2.37. The fraction of sp³-hybridized carbons (Fsp3) is 0.476. The van der Waals surface area contributed by atoms with Crippen LogP contribution < -0.4 is 26.4 Å². The summed E-state index contributed by atoms with van der Waals surface area (Å²) in [7, 11) is 1.59. The van der Waals surface area contributed by atoms with E-state index in [-0.39, 0.29) is 23.7 Å². The molecule has 2 aromatic rings. The van der Waals surface area contributed by atoms with Crippen molar-refractivity contribution < 1.29 is 19.4 Å². The first kappa shape index (κ1) is 23.0. The van der Waals surface area contributed by atoms with Crippen LogP contribution in [0.3, 0.4) is 0 Å². The lowest BCUT2D eigenvalue weighted by Crippen LogP contribution is -2.48. The van der Waals surface area contributed by atoms with Gasteiger partial charge in [-0.3, -0.25) is 4.79 Å². The zero-order valence-corrected chi connectivity index (χ0v) is 18.4. The number of nitrogens with two attached hydrogens (primary N) is 1. The Balaban J connectivity index is 1.87. The Morgan fingerprint density at radius 1 is 1.16 bits per heavy atom. The summed E-state index contributed by atoms with van der Waals surface area (Å²) in [5.41, 5.74) is 6.58. The number of hydrogen-bond acceptors (Lipinski definition) is 8. The van der Waals surface area contributed by atoms with Gasteiger partial charge in [0.25, 0.3) is 5.91 Å². The molecule has 2 atom stereocenters. The number of aromatic nitrogens is 3. The van der Waals surface area contributed by atoms with E-state index in [9.17, 15) is 9.59 Å². The first-order valence-corrected chi connectivity index (χ1v) is 10.5. The topological polar surface area (TPSA) is 164 Å². The number of ether oxygens (including phenoxy) is 1. The van der Waals surface area contributed by atoms with Crippen molar-refractivity contribution in [3.63, 3.8) is 0 Å².